The SMILES string of the molecule is C#CCC(C)NC/C=C/C. The molecule has 0 saturated carbocycles. The molecule has 1 nitrogen and oxygen atoms in total. The van der Waals surface area contributed by atoms with Crippen molar-refractivity contribution in [2.45, 2.75) is 26.3 Å². The summed E-state index contributed by atoms with van der Waals surface area (Å²) in [5, 5.41) is 3.26. The van der Waals surface area contributed by atoms with Crippen LogP contribution >= 0.6 is 0 Å². The first-order valence-electron chi connectivity index (χ1n) is 3.59. The Morgan fingerprint density at radius 1 is 1.70 bits per heavy atom. The fourth-order valence-electron chi connectivity index (χ4n) is 0.636. The molecule has 0 aliphatic carbocycles. The van der Waals surface area contributed by atoms with Gasteiger partial charge in [-0.25, -0.2) is 0 Å². The van der Waals surface area contributed by atoms with E-state index >= 15 is 0 Å². The van der Waals surface area contributed by atoms with Crippen LogP contribution < -0.4 is 5.32 Å². The third-order valence-electron chi connectivity index (χ3n) is 1.24. The predicted molar refractivity (Wildman–Crippen MR) is 45.7 cm³/mol. The summed E-state index contributed by atoms with van der Waals surface area (Å²) in [4.78, 5) is 0. The highest BCUT2D eigenvalue weighted by Gasteiger charge is 1.93. The first-order valence-corrected chi connectivity index (χ1v) is 3.59. The van der Waals surface area contributed by atoms with E-state index in [4.69, 9.17) is 6.42 Å². The van der Waals surface area contributed by atoms with E-state index in [1.165, 1.54) is 0 Å². The van der Waals surface area contributed by atoms with E-state index in [2.05, 4.69) is 24.2 Å². The average molecular weight is 137 g/mol. The Labute approximate surface area is 63.5 Å². The minimum Gasteiger partial charge on any atom is -0.310 e. The molecule has 0 aromatic rings. The summed E-state index contributed by atoms with van der Waals surface area (Å²) in [7, 11) is 0. The Bertz CT molecular complexity index is 130. The molecule has 1 unspecified atom stereocenters. The Morgan fingerprint density at radius 2 is 2.40 bits per heavy atom. The Kier molecular flexibility index (Phi) is 5.91. The monoisotopic (exact) mass is 137 g/mol. The summed E-state index contributed by atoms with van der Waals surface area (Å²) in [6, 6.07) is 0.432. The zero-order valence-corrected chi connectivity index (χ0v) is 6.72. The lowest BCUT2D eigenvalue weighted by Crippen LogP contribution is -2.25. The highest BCUT2D eigenvalue weighted by Crippen LogP contribution is 1.86. The molecule has 1 N–H and O–H groups in total. The maximum absolute atomic E-state index is 5.13. The van der Waals surface area contributed by atoms with Crippen LogP contribution in [0.2, 0.25) is 0 Å². The third-order valence-corrected chi connectivity index (χ3v) is 1.24. The van der Waals surface area contributed by atoms with Gasteiger partial charge in [0.1, 0.15) is 0 Å². The molecule has 0 aromatic carbocycles. The van der Waals surface area contributed by atoms with Crippen molar-refractivity contribution in [3.05, 3.63) is 12.2 Å². The van der Waals surface area contributed by atoms with Crippen LogP contribution in [0.15, 0.2) is 12.2 Å². The van der Waals surface area contributed by atoms with Crippen LogP contribution in [-0.2, 0) is 0 Å². The Hall–Kier alpha value is -0.740. The minimum atomic E-state index is 0.432. The van der Waals surface area contributed by atoms with E-state index in [1.807, 2.05) is 13.0 Å². The molecule has 1 heteroatoms. The number of allylic oxidation sites excluding steroid dienone is 1. The van der Waals surface area contributed by atoms with E-state index in [1.54, 1.807) is 0 Å². The molecular formula is C9H15N. The molecule has 0 saturated heterocycles. The zero-order valence-electron chi connectivity index (χ0n) is 6.72. The third kappa shape index (κ3) is 5.40. The standard InChI is InChI=1S/C9H15N/c1-4-6-8-10-9(3)7-5-2/h2,4,6,9-10H,7-8H2,1,3H3/b6-4+. The van der Waals surface area contributed by atoms with Crippen LogP contribution in [0.1, 0.15) is 20.3 Å². The highest BCUT2D eigenvalue weighted by atomic mass is 14.9. The summed E-state index contributed by atoms with van der Waals surface area (Å²) in [5.74, 6) is 2.61. The van der Waals surface area contributed by atoms with E-state index in [0.717, 1.165) is 13.0 Å². The molecule has 0 bridgehead atoms. The van der Waals surface area contributed by atoms with Gasteiger partial charge in [0.2, 0.25) is 0 Å². The molecule has 1 atom stereocenters. The molecule has 0 fully saturated rings. The molecular weight excluding hydrogens is 122 g/mol. The van der Waals surface area contributed by atoms with Crippen molar-refractivity contribution < 1.29 is 0 Å². The summed E-state index contributed by atoms with van der Waals surface area (Å²) >= 11 is 0. The number of nitrogens with one attached hydrogen (secondary N) is 1. The van der Waals surface area contributed by atoms with Gasteiger partial charge in [0, 0.05) is 19.0 Å². The summed E-state index contributed by atoms with van der Waals surface area (Å²) < 4.78 is 0. The van der Waals surface area contributed by atoms with Gasteiger partial charge >= 0.3 is 0 Å². The Morgan fingerprint density at radius 3 is 2.90 bits per heavy atom. The lowest BCUT2D eigenvalue weighted by molar-refractivity contribution is 0.597. The van der Waals surface area contributed by atoms with E-state index in [9.17, 15) is 0 Å². The largest absolute Gasteiger partial charge is 0.310 e. The van der Waals surface area contributed by atoms with Crippen LogP contribution in [0.3, 0.4) is 0 Å². The van der Waals surface area contributed by atoms with Crippen molar-refractivity contribution in [1.29, 1.82) is 0 Å². The van der Waals surface area contributed by atoms with Gasteiger partial charge in [0.25, 0.3) is 0 Å². The van der Waals surface area contributed by atoms with Crippen LogP contribution in [0, 0.1) is 12.3 Å². The molecule has 0 aliphatic rings. The second-order valence-electron chi connectivity index (χ2n) is 2.29. The lowest BCUT2D eigenvalue weighted by Gasteiger charge is -2.06. The summed E-state index contributed by atoms with van der Waals surface area (Å²) in [6.45, 7) is 5.01. The van der Waals surface area contributed by atoms with E-state index in [0.29, 0.717) is 6.04 Å². The Balaban J connectivity index is 3.23. The molecule has 0 rings (SSSR count). The minimum absolute atomic E-state index is 0.432. The molecule has 56 valence electrons. The molecule has 0 radical (unpaired) electrons. The van der Waals surface area contributed by atoms with Crippen molar-refractivity contribution >= 4 is 0 Å². The van der Waals surface area contributed by atoms with Gasteiger partial charge in [-0.15, -0.1) is 12.3 Å². The second kappa shape index (κ2) is 6.38. The van der Waals surface area contributed by atoms with Crippen molar-refractivity contribution in [2.75, 3.05) is 6.54 Å². The van der Waals surface area contributed by atoms with Crippen LogP contribution in [0.25, 0.3) is 0 Å². The van der Waals surface area contributed by atoms with Crippen molar-refractivity contribution in [3.63, 3.8) is 0 Å². The smallest absolute Gasteiger partial charge is 0.0238 e. The molecule has 10 heavy (non-hydrogen) atoms. The fourth-order valence-corrected chi connectivity index (χ4v) is 0.636. The van der Waals surface area contributed by atoms with Crippen molar-refractivity contribution in [2.24, 2.45) is 0 Å². The van der Waals surface area contributed by atoms with Crippen molar-refractivity contribution in [1.82, 2.24) is 5.32 Å². The topological polar surface area (TPSA) is 12.0 Å². The highest BCUT2D eigenvalue weighted by molar-refractivity contribution is 4.89. The van der Waals surface area contributed by atoms with Gasteiger partial charge in [-0.1, -0.05) is 12.2 Å². The fraction of sp³-hybridized carbons (Fsp3) is 0.556. The van der Waals surface area contributed by atoms with Gasteiger partial charge in [-0.2, -0.15) is 0 Å². The number of rotatable bonds is 4. The predicted octanol–water partition coefficient (Wildman–Crippen LogP) is 1.56. The summed E-state index contributed by atoms with van der Waals surface area (Å²) in [6.07, 6.45) is 10.0. The zero-order chi connectivity index (χ0) is 7.82. The molecule has 0 heterocycles. The van der Waals surface area contributed by atoms with Crippen LogP contribution in [0.4, 0.5) is 0 Å². The van der Waals surface area contributed by atoms with Gasteiger partial charge in [0.05, 0.1) is 0 Å². The first kappa shape index (κ1) is 9.26. The van der Waals surface area contributed by atoms with Crippen LogP contribution in [0.5, 0.6) is 0 Å². The maximum atomic E-state index is 5.13. The van der Waals surface area contributed by atoms with Gasteiger partial charge in [0.15, 0.2) is 0 Å². The van der Waals surface area contributed by atoms with Gasteiger partial charge in [-0.3, -0.25) is 0 Å². The summed E-state index contributed by atoms with van der Waals surface area (Å²) in [5.41, 5.74) is 0. The maximum Gasteiger partial charge on any atom is 0.0238 e. The molecule has 0 aliphatic heterocycles. The first-order chi connectivity index (χ1) is 4.81. The molecule has 0 aromatic heterocycles. The van der Waals surface area contributed by atoms with Crippen molar-refractivity contribution in [3.8, 4) is 12.3 Å². The molecule has 0 spiro atoms. The lowest BCUT2D eigenvalue weighted by atomic mass is 10.2. The number of hydrogen-bond donors (Lipinski definition) is 1. The van der Waals surface area contributed by atoms with Gasteiger partial charge < -0.3 is 5.32 Å². The normalized spacial score (nSPS) is 13.3. The quantitative estimate of drug-likeness (QED) is 0.458. The average Bonchev–Trinajstić information content (AvgIpc) is 1.89. The van der Waals surface area contributed by atoms with E-state index in [-0.39, 0.29) is 0 Å². The van der Waals surface area contributed by atoms with Gasteiger partial charge in [-0.05, 0) is 13.8 Å². The second-order valence-corrected chi connectivity index (χ2v) is 2.29. The van der Waals surface area contributed by atoms with Crippen LogP contribution in [-0.4, -0.2) is 12.6 Å². The number of terminal acetylenes is 1. The molecule has 0 amide bonds. The number of hydrogen-bond acceptors (Lipinski definition) is 1. The van der Waals surface area contributed by atoms with E-state index < -0.39 is 0 Å².